The van der Waals surface area contributed by atoms with E-state index >= 15 is 0 Å². The van der Waals surface area contributed by atoms with Crippen LogP contribution < -0.4 is 5.32 Å². The fraction of sp³-hybridized carbons (Fsp3) is 0.938. The monoisotopic (exact) mass is 614 g/mol. The summed E-state index contributed by atoms with van der Waals surface area (Å²) in [6.45, 7) is 8.73. The van der Waals surface area contributed by atoms with Gasteiger partial charge in [0.05, 0.1) is 51.2 Å². The van der Waals surface area contributed by atoms with Gasteiger partial charge in [0.25, 0.3) is 10.1 Å². The zero-order valence-electron chi connectivity index (χ0n) is 26.5. The Bertz CT molecular complexity index is 1040. The van der Waals surface area contributed by atoms with Gasteiger partial charge < -0.3 is 25.1 Å². The van der Waals surface area contributed by atoms with Gasteiger partial charge in [0.15, 0.2) is 0 Å². The molecular weight excluding hydrogens is 556 g/mol. The van der Waals surface area contributed by atoms with E-state index < -0.39 is 28.4 Å². The van der Waals surface area contributed by atoms with Crippen molar-refractivity contribution in [3.05, 3.63) is 6.42 Å². The van der Waals surface area contributed by atoms with E-state index in [0.717, 1.165) is 51.5 Å². The van der Waals surface area contributed by atoms with Crippen molar-refractivity contribution in [3.63, 3.8) is 0 Å². The molecule has 0 aromatic rings. The van der Waals surface area contributed by atoms with Crippen LogP contribution in [-0.4, -0.2) is 96.5 Å². The highest BCUT2D eigenvalue weighted by molar-refractivity contribution is 7.85. The lowest BCUT2D eigenvalue weighted by Gasteiger charge is -2.60. The van der Waals surface area contributed by atoms with Gasteiger partial charge in [-0.05, 0) is 97.7 Å². The lowest BCUT2D eigenvalue weighted by molar-refractivity contribution is -0.890. The first kappa shape index (κ1) is 34.1. The van der Waals surface area contributed by atoms with Crippen LogP contribution in [0.15, 0.2) is 0 Å². The third-order valence-electron chi connectivity index (χ3n) is 12.2. The summed E-state index contributed by atoms with van der Waals surface area (Å²) in [7, 11) is 0.111. The van der Waals surface area contributed by atoms with E-state index in [9.17, 15) is 28.5 Å². The molecule has 4 saturated carbocycles. The predicted octanol–water partition coefficient (Wildman–Crippen LogP) is 2.89. The standard InChI is InChI=1S/C32H57N2O7S/c1-20(8-11-29(38)33-12-6-13-34(4,5)14-7-15-42(39,40)41)25-9-10-26-31-24(19-28(37)32(25,26)3)30-21(2)16-23(35)17-22(30)18-27(31)36/h17,20-28,30-31,35-37H,6-16,18-19H2,1-5H3,(H-,33,38,39,40,41)/p+1/t20?,21?,22?,23-,24?,25-,26?,27?,28+,30?,31?,32-/m1/s1. The number of rotatable bonds is 12. The Labute approximate surface area is 254 Å². The fourth-order valence-corrected chi connectivity index (χ4v) is 10.7. The summed E-state index contributed by atoms with van der Waals surface area (Å²) in [6, 6.07) is 0. The van der Waals surface area contributed by atoms with Crippen LogP contribution in [0.25, 0.3) is 0 Å². The van der Waals surface area contributed by atoms with Crippen LogP contribution in [0.3, 0.4) is 0 Å². The van der Waals surface area contributed by atoms with Crippen molar-refractivity contribution in [2.24, 2.45) is 52.8 Å². The molecule has 4 rings (SSSR count). The highest BCUT2D eigenvalue weighted by atomic mass is 32.2. The average Bonchev–Trinajstić information content (AvgIpc) is 3.22. The van der Waals surface area contributed by atoms with Gasteiger partial charge in [-0.25, -0.2) is 0 Å². The maximum absolute atomic E-state index is 12.7. The summed E-state index contributed by atoms with van der Waals surface area (Å²) in [5, 5.41) is 36.5. The number of nitrogens with one attached hydrogen (secondary N) is 1. The van der Waals surface area contributed by atoms with E-state index in [4.69, 9.17) is 4.55 Å². The van der Waals surface area contributed by atoms with Gasteiger partial charge in [-0.2, -0.15) is 8.42 Å². The van der Waals surface area contributed by atoms with E-state index in [2.05, 4.69) is 32.5 Å². The van der Waals surface area contributed by atoms with E-state index in [1.165, 1.54) is 0 Å². The first-order valence-electron chi connectivity index (χ1n) is 16.5. The van der Waals surface area contributed by atoms with Crippen LogP contribution in [-0.2, 0) is 14.9 Å². The van der Waals surface area contributed by atoms with E-state index in [1.54, 1.807) is 0 Å². The Morgan fingerprint density at radius 3 is 2.45 bits per heavy atom. The third kappa shape index (κ3) is 7.53. The van der Waals surface area contributed by atoms with Crippen molar-refractivity contribution >= 4 is 16.0 Å². The number of quaternary nitrogens is 1. The van der Waals surface area contributed by atoms with Gasteiger partial charge in [-0.1, -0.05) is 20.8 Å². The molecule has 0 bridgehead atoms. The van der Waals surface area contributed by atoms with Crippen molar-refractivity contribution in [3.8, 4) is 0 Å². The van der Waals surface area contributed by atoms with Gasteiger partial charge in [0.2, 0.25) is 5.91 Å². The molecule has 8 unspecified atom stereocenters. The van der Waals surface area contributed by atoms with Crippen molar-refractivity contribution in [2.45, 2.75) is 96.9 Å². The van der Waals surface area contributed by atoms with E-state index in [0.29, 0.717) is 54.1 Å². The molecule has 243 valence electrons. The molecule has 42 heavy (non-hydrogen) atoms. The van der Waals surface area contributed by atoms with Gasteiger partial charge in [-0.3, -0.25) is 9.35 Å². The molecule has 0 saturated heterocycles. The van der Waals surface area contributed by atoms with Crippen LogP contribution >= 0.6 is 0 Å². The fourth-order valence-electron chi connectivity index (χ4n) is 10.2. The largest absolute Gasteiger partial charge is 0.393 e. The van der Waals surface area contributed by atoms with Crippen LogP contribution in [0.1, 0.15) is 78.6 Å². The summed E-state index contributed by atoms with van der Waals surface area (Å²) in [5.74, 6) is 2.21. The van der Waals surface area contributed by atoms with E-state index in [-0.39, 0.29) is 40.7 Å². The highest BCUT2D eigenvalue weighted by Crippen LogP contribution is 2.66. The average molecular weight is 615 g/mol. The predicted molar refractivity (Wildman–Crippen MR) is 163 cm³/mol. The van der Waals surface area contributed by atoms with Crippen LogP contribution in [0.5, 0.6) is 0 Å². The smallest absolute Gasteiger partial charge is 0.265 e. The zero-order valence-corrected chi connectivity index (χ0v) is 27.3. The van der Waals surface area contributed by atoms with Crippen LogP contribution in [0, 0.1) is 59.2 Å². The number of hydrogen-bond acceptors (Lipinski definition) is 6. The first-order chi connectivity index (χ1) is 19.5. The second-order valence-electron chi connectivity index (χ2n) is 15.4. The summed E-state index contributed by atoms with van der Waals surface area (Å²) in [6.07, 6.45) is 7.51. The minimum atomic E-state index is -3.93. The van der Waals surface area contributed by atoms with Gasteiger partial charge in [0, 0.05) is 25.8 Å². The SMILES string of the molecule is CC1C[C@@H](O)[CH]C2CC(O)C3C(C[C@H](O)[C@@]4(C)C3CC[C@@H]4C(C)CCC(=O)NCCC[N+](C)(C)CCCS(=O)(=O)O)C12. The van der Waals surface area contributed by atoms with Gasteiger partial charge in [0.1, 0.15) is 0 Å². The number of carbonyl (C=O) groups is 1. The number of nitrogens with zero attached hydrogens (tertiary/aromatic N) is 1. The third-order valence-corrected chi connectivity index (χ3v) is 13.0. The summed E-state index contributed by atoms with van der Waals surface area (Å²) >= 11 is 0. The van der Waals surface area contributed by atoms with Crippen molar-refractivity contribution < 1.29 is 37.6 Å². The number of carbonyl (C=O) groups excluding carboxylic acids is 1. The molecule has 0 spiro atoms. The zero-order chi connectivity index (χ0) is 31.0. The molecule has 4 aliphatic carbocycles. The van der Waals surface area contributed by atoms with Crippen molar-refractivity contribution in [1.29, 1.82) is 0 Å². The normalized spacial score (nSPS) is 41.0. The van der Waals surface area contributed by atoms with Gasteiger partial charge in [-0.15, -0.1) is 0 Å². The molecule has 12 atom stereocenters. The molecule has 0 aromatic carbocycles. The summed E-state index contributed by atoms with van der Waals surface area (Å²) in [5.41, 5.74) is -0.259. The lowest BCUT2D eigenvalue weighted by Crippen LogP contribution is -2.60. The molecule has 5 N–H and O–H groups in total. The van der Waals surface area contributed by atoms with Gasteiger partial charge >= 0.3 is 0 Å². The molecule has 1 amide bonds. The number of aliphatic hydroxyl groups excluding tert-OH is 3. The maximum atomic E-state index is 12.7. The quantitative estimate of drug-likeness (QED) is 0.129. The number of aliphatic hydroxyl groups is 3. The van der Waals surface area contributed by atoms with Crippen molar-refractivity contribution in [1.82, 2.24) is 5.32 Å². The molecular formula is C32H58N2O7S+. The topological polar surface area (TPSA) is 144 Å². The van der Waals surface area contributed by atoms with Crippen LogP contribution in [0.4, 0.5) is 0 Å². The minimum absolute atomic E-state index is 0.0426. The second-order valence-corrected chi connectivity index (χ2v) is 17.0. The molecule has 0 heterocycles. The summed E-state index contributed by atoms with van der Waals surface area (Å²) in [4.78, 5) is 12.7. The molecule has 4 aliphatic rings. The van der Waals surface area contributed by atoms with Crippen LogP contribution in [0.2, 0.25) is 0 Å². The second kappa shape index (κ2) is 13.3. The summed E-state index contributed by atoms with van der Waals surface area (Å²) < 4.78 is 31.5. The maximum Gasteiger partial charge on any atom is 0.265 e. The number of amides is 1. The Morgan fingerprint density at radius 1 is 1.07 bits per heavy atom. The number of fused-ring (bicyclic) bond motifs is 5. The Kier molecular flexibility index (Phi) is 10.8. The Balaban J connectivity index is 1.26. The molecule has 9 nitrogen and oxygen atoms in total. The molecule has 1 radical (unpaired) electrons. The molecule has 4 fully saturated rings. The highest BCUT2D eigenvalue weighted by Gasteiger charge is 2.63. The minimum Gasteiger partial charge on any atom is -0.393 e. The Hall–Kier alpha value is -0.780. The number of hydrogen-bond donors (Lipinski definition) is 5. The van der Waals surface area contributed by atoms with E-state index in [1.807, 2.05) is 14.1 Å². The molecule has 10 heteroatoms. The first-order valence-corrected chi connectivity index (χ1v) is 18.1. The Morgan fingerprint density at radius 2 is 1.76 bits per heavy atom. The molecule has 0 aromatic heterocycles. The lowest BCUT2D eigenvalue weighted by atomic mass is 9.46. The molecule has 0 aliphatic heterocycles. The van der Waals surface area contributed by atoms with Crippen molar-refractivity contribution in [2.75, 3.05) is 39.5 Å².